The quantitative estimate of drug-likeness (QED) is 0.291. The fourth-order valence-electron chi connectivity index (χ4n) is 6.04. The molecule has 0 amide bonds. The third-order valence-electron chi connectivity index (χ3n) is 8.25. The van der Waals surface area contributed by atoms with Gasteiger partial charge in [0.1, 0.15) is 6.10 Å². The Morgan fingerprint density at radius 2 is 1.65 bits per heavy atom. The monoisotopic (exact) mass is 426 g/mol. The van der Waals surface area contributed by atoms with Crippen LogP contribution in [0.3, 0.4) is 0 Å². The summed E-state index contributed by atoms with van der Waals surface area (Å²) < 4.78 is 17.7. The van der Waals surface area contributed by atoms with Crippen molar-refractivity contribution in [1.82, 2.24) is 0 Å². The van der Waals surface area contributed by atoms with E-state index in [1.165, 1.54) is 69.8 Å². The van der Waals surface area contributed by atoms with Crippen LogP contribution in [0.1, 0.15) is 102 Å². The Balaban J connectivity index is 1.28. The first-order valence-corrected chi connectivity index (χ1v) is 12.8. The molecule has 3 aliphatic carbocycles. The van der Waals surface area contributed by atoms with Gasteiger partial charge in [0.25, 0.3) is 0 Å². The second-order valence-electron chi connectivity index (χ2n) is 10.2. The van der Waals surface area contributed by atoms with E-state index in [1.807, 2.05) is 6.08 Å². The van der Waals surface area contributed by atoms with Crippen LogP contribution in [0.4, 0.5) is 0 Å². The molecule has 0 N–H and O–H groups in total. The number of unbranched alkanes of at least 4 members (excludes halogenated alkanes) is 2. The number of hydrogen-bond donors (Lipinski definition) is 0. The highest BCUT2D eigenvalue weighted by molar-refractivity contribution is 5.32. The normalized spacial score (nSPS) is 33.2. The number of benzene rings is 1. The molecule has 1 heterocycles. The van der Waals surface area contributed by atoms with Crippen molar-refractivity contribution in [1.29, 1.82) is 0 Å². The Kier molecular flexibility index (Phi) is 7.90. The van der Waals surface area contributed by atoms with E-state index in [4.69, 9.17) is 14.2 Å². The highest BCUT2D eigenvalue weighted by Gasteiger charge is 2.48. The second kappa shape index (κ2) is 10.6. The minimum Gasteiger partial charge on any atom is -0.366 e. The third kappa shape index (κ3) is 5.43. The van der Waals surface area contributed by atoms with Gasteiger partial charge >= 0.3 is 0 Å². The lowest BCUT2D eigenvalue weighted by molar-refractivity contribution is -0.232. The number of allylic oxidation sites excluding steroid dienone is 1. The van der Waals surface area contributed by atoms with E-state index in [0.717, 1.165) is 6.42 Å². The maximum Gasteiger partial charge on any atom is 0.181 e. The summed E-state index contributed by atoms with van der Waals surface area (Å²) in [6, 6.07) is 9.32. The first-order valence-electron chi connectivity index (χ1n) is 12.8. The van der Waals surface area contributed by atoms with Gasteiger partial charge in [-0.1, -0.05) is 69.5 Å². The van der Waals surface area contributed by atoms with E-state index in [1.54, 1.807) is 5.56 Å². The van der Waals surface area contributed by atoms with Gasteiger partial charge in [-0.15, -0.1) is 0 Å². The maximum absolute atomic E-state index is 6.06. The molecule has 0 spiro atoms. The van der Waals surface area contributed by atoms with Crippen LogP contribution in [0.25, 0.3) is 0 Å². The topological polar surface area (TPSA) is 27.7 Å². The van der Waals surface area contributed by atoms with Gasteiger partial charge in [-0.25, -0.2) is 0 Å². The zero-order chi connectivity index (χ0) is 21.6. The van der Waals surface area contributed by atoms with Crippen LogP contribution in [0, 0.1) is 5.41 Å². The molecule has 1 saturated heterocycles. The van der Waals surface area contributed by atoms with Crippen molar-refractivity contribution in [3.8, 4) is 0 Å². The van der Waals surface area contributed by atoms with Crippen LogP contribution in [-0.2, 0) is 19.6 Å². The van der Waals surface area contributed by atoms with Gasteiger partial charge in [-0.05, 0) is 73.3 Å². The van der Waals surface area contributed by atoms with Crippen LogP contribution in [0.5, 0.6) is 0 Å². The number of fused-ring (bicyclic) bond motifs is 3. The molecule has 1 aromatic carbocycles. The zero-order valence-corrected chi connectivity index (χ0v) is 19.7. The molecule has 0 radical (unpaired) electrons. The van der Waals surface area contributed by atoms with E-state index in [2.05, 4.69) is 44.2 Å². The highest BCUT2D eigenvalue weighted by atomic mass is 16.7. The molecule has 2 atom stereocenters. The minimum absolute atomic E-state index is 0.0153. The van der Waals surface area contributed by atoms with E-state index < -0.39 is 0 Å². The lowest BCUT2D eigenvalue weighted by Crippen LogP contribution is -2.44. The SMILES string of the molecule is CC/C=C/CO[C@@H]1CO[C@@H](c2ccc(C34CCC(CCCCC)(CC3)CC4)cc2)CO1. The lowest BCUT2D eigenvalue weighted by atomic mass is 9.51. The Hall–Kier alpha value is -1.16. The van der Waals surface area contributed by atoms with Crippen molar-refractivity contribution in [2.75, 3.05) is 19.8 Å². The zero-order valence-electron chi connectivity index (χ0n) is 19.7. The summed E-state index contributed by atoms with van der Waals surface area (Å²) in [6.45, 7) is 6.08. The molecule has 4 fully saturated rings. The Morgan fingerprint density at radius 3 is 2.26 bits per heavy atom. The molecule has 3 saturated carbocycles. The highest BCUT2D eigenvalue weighted by Crippen LogP contribution is 2.59. The van der Waals surface area contributed by atoms with Gasteiger partial charge in [0.15, 0.2) is 6.29 Å². The molecular formula is C28H42O3. The fraction of sp³-hybridized carbons (Fsp3) is 0.714. The molecule has 1 aromatic rings. The molecule has 3 heteroatoms. The Bertz CT molecular complexity index is 675. The summed E-state index contributed by atoms with van der Waals surface area (Å²) in [5, 5.41) is 0. The predicted molar refractivity (Wildman–Crippen MR) is 126 cm³/mol. The van der Waals surface area contributed by atoms with Gasteiger partial charge in [0.2, 0.25) is 0 Å². The fourth-order valence-corrected chi connectivity index (χ4v) is 6.04. The van der Waals surface area contributed by atoms with Crippen molar-refractivity contribution in [3.05, 3.63) is 47.5 Å². The van der Waals surface area contributed by atoms with Crippen molar-refractivity contribution >= 4 is 0 Å². The van der Waals surface area contributed by atoms with E-state index in [9.17, 15) is 0 Å². The summed E-state index contributed by atoms with van der Waals surface area (Å²) >= 11 is 0. The second-order valence-corrected chi connectivity index (χ2v) is 10.2. The molecule has 31 heavy (non-hydrogen) atoms. The van der Waals surface area contributed by atoms with E-state index in [0.29, 0.717) is 30.7 Å². The van der Waals surface area contributed by atoms with Gasteiger partial charge < -0.3 is 14.2 Å². The van der Waals surface area contributed by atoms with Crippen LogP contribution in [0.15, 0.2) is 36.4 Å². The summed E-state index contributed by atoms with van der Waals surface area (Å²) in [4.78, 5) is 0. The van der Waals surface area contributed by atoms with E-state index >= 15 is 0 Å². The number of rotatable bonds is 10. The summed E-state index contributed by atoms with van der Waals surface area (Å²) in [7, 11) is 0. The van der Waals surface area contributed by atoms with Gasteiger partial charge in [-0.3, -0.25) is 0 Å². The first kappa shape index (κ1) is 23.0. The minimum atomic E-state index is -0.252. The summed E-state index contributed by atoms with van der Waals surface area (Å²) in [5.74, 6) is 0. The maximum atomic E-state index is 6.06. The average molecular weight is 427 g/mol. The molecule has 4 aliphatic rings. The Labute approximate surface area is 189 Å². The lowest BCUT2D eigenvalue weighted by Gasteiger charge is -2.54. The van der Waals surface area contributed by atoms with Crippen LogP contribution in [-0.4, -0.2) is 26.1 Å². The largest absolute Gasteiger partial charge is 0.366 e. The van der Waals surface area contributed by atoms with Gasteiger partial charge in [0.05, 0.1) is 19.8 Å². The smallest absolute Gasteiger partial charge is 0.181 e. The van der Waals surface area contributed by atoms with Crippen molar-refractivity contribution in [2.24, 2.45) is 5.41 Å². The predicted octanol–water partition coefficient (Wildman–Crippen LogP) is 7.26. The third-order valence-corrected chi connectivity index (χ3v) is 8.25. The number of hydrogen-bond acceptors (Lipinski definition) is 3. The molecule has 0 aromatic heterocycles. The van der Waals surface area contributed by atoms with Crippen molar-refractivity contribution < 1.29 is 14.2 Å². The molecule has 0 unspecified atom stereocenters. The van der Waals surface area contributed by atoms with Gasteiger partial charge in [-0.2, -0.15) is 0 Å². The standard InChI is InChI=1S/C28H42O3/c1-3-5-7-13-27-14-17-28(18-15-27,19-16-27)24-11-9-23(10-12-24)25-21-31-26(22-30-25)29-20-8-6-4-2/h6,8-12,25-26H,3-5,7,13-22H2,1-2H3/b8-6+/t25-,26+,27?,28?/m1/s1. The average Bonchev–Trinajstić information content (AvgIpc) is 2.84. The van der Waals surface area contributed by atoms with Crippen molar-refractivity contribution in [3.63, 3.8) is 0 Å². The Morgan fingerprint density at radius 1 is 0.903 bits per heavy atom. The van der Waals surface area contributed by atoms with Crippen LogP contribution >= 0.6 is 0 Å². The van der Waals surface area contributed by atoms with Gasteiger partial charge in [0, 0.05) is 0 Å². The number of ether oxygens (including phenoxy) is 3. The molecule has 5 rings (SSSR count). The van der Waals surface area contributed by atoms with Crippen LogP contribution < -0.4 is 0 Å². The van der Waals surface area contributed by atoms with Crippen molar-refractivity contribution in [2.45, 2.75) is 102 Å². The first-order chi connectivity index (χ1) is 15.2. The van der Waals surface area contributed by atoms with E-state index in [-0.39, 0.29) is 12.4 Å². The molecular weight excluding hydrogens is 384 g/mol. The summed E-state index contributed by atoms with van der Waals surface area (Å²) in [6.07, 6.45) is 19.1. The molecule has 2 bridgehead atoms. The molecule has 3 nitrogen and oxygen atoms in total. The molecule has 172 valence electrons. The van der Waals surface area contributed by atoms with Crippen LogP contribution in [0.2, 0.25) is 0 Å². The summed E-state index contributed by atoms with van der Waals surface area (Å²) in [5.41, 5.74) is 3.89. The molecule has 1 aliphatic heterocycles.